The summed E-state index contributed by atoms with van der Waals surface area (Å²) in [6, 6.07) is 20.5. The monoisotopic (exact) mass is 503 g/mol. The van der Waals surface area contributed by atoms with E-state index in [1.165, 1.54) is 7.11 Å². The van der Waals surface area contributed by atoms with Crippen molar-refractivity contribution in [2.45, 2.75) is 13.0 Å². The molecule has 0 aliphatic heterocycles. The number of amides is 3. The van der Waals surface area contributed by atoms with Gasteiger partial charge in [0, 0.05) is 24.3 Å². The minimum Gasteiger partial charge on any atom is -0.465 e. The number of rotatable bonds is 10. The molecule has 0 aromatic heterocycles. The number of para-hydroxylation sites is 2. The number of benzene rings is 3. The fourth-order valence-electron chi connectivity index (χ4n) is 3.63. The predicted molar refractivity (Wildman–Crippen MR) is 146 cm³/mol. The van der Waals surface area contributed by atoms with Crippen molar-refractivity contribution in [2.24, 2.45) is 0 Å². The molecule has 0 unspecified atom stereocenters. The van der Waals surface area contributed by atoms with Crippen molar-refractivity contribution >= 4 is 35.0 Å². The molecule has 0 bridgehead atoms. The van der Waals surface area contributed by atoms with Crippen LogP contribution in [0.5, 0.6) is 0 Å². The molecule has 4 N–H and O–H groups in total. The van der Waals surface area contributed by atoms with Gasteiger partial charge >= 0.3 is 12.0 Å². The van der Waals surface area contributed by atoms with Crippen molar-refractivity contribution < 1.29 is 19.1 Å². The molecule has 0 fully saturated rings. The molecule has 0 aliphatic carbocycles. The average molecular weight is 504 g/mol. The summed E-state index contributed by atoms with van der Waals surface area (Å²) in [5.74, 6) is -0.701. The highest BCUT2D eigenvalue weighted by Gasteiger charge is 2.16. The molecule has 9 nitrogen and oxygen atoms in total. The summed E-state index contributed by atoms with van der Waals surface area (Å²) in [4.78, 5) is 41.2. The normalized spacial score (nSPS) is 10.6. The van der Waals surface area contributed by atoms with E-state index in [0.717, 1.165) is 18.5 Å². The summed E-state index contributed by atoms with van der Waals surface area (Å²) in [7, 11) is 5.29. The summed E-state index contributed by atoms with van der Waals surface area (Å²) in [6.45, 7) is 1.74. The maximum absolute atomic E-state index is 13.1. The van der Waals surface area contributed by atoms with Crippen LogP contribution in [0.2, 0.25) is 0 Å². The highest BCUT2D eigenvalue weighted by molar-refractivity contribution is 6.05. The van der Waals surface area contributed by atoms with Gasteiger partial charge in [0.25, 0.3) is 5.91 Å². The topological polar surface area (TPSA) is 117 Å². The first kappa shape index (κ1) is 27.2. The van der Waals surface area contributed by atoms with Gasteiger partial charge in [-0.1, -0.05) is 24.3 Å². The largest absolute Gasteiger partial charge is 0.465 e. The van der Waals surface area contributed by atoms with Gasteiger partial charge < -0.3 is 30.9 Å². The number of carbonyl (C=O) groups is 3. The molecule has 0 heterocycles. The van der Waals surface area contributed by atoms with E-state index in [2.05, 4.69) is 15.5 Å². The summed E-state index contributed by atoms with van der Waals surface area (Å²) >= 11 is 0. The van der Waals surface area contributed by atoms with Crippen molar-refractivity contribution in [3.8, 4) is 0 Å². The Morgan fingerprint density at radius 1 is 0.838 bits per heavy atom. The van der Waals surface area contributed by atoms with Gasteiger partial charge in [-0.2, -0.15) is 0 Å². The summed E-state index contributed by atoms with van der Waals surface area (Å²) in [5, 5.41) is 5.71. The van der Waals surface area contributed by atoms with E-state index in [0.29, 0.717) is 41.3 Å². The molecule has 0 aliphatic rings. The fourth-order valence-corrected chi connectivity index (χ4v) is 3.63. The SMILES string of the molecule is COC(=O)c1ccc(NC(=O)N(CCCN(C)C)Cc2ccc(C(=O)Nc3ccccc3N)cc2)cc1. The van der Waals surface area contributed by atoms with Crippen molar-refractivity contribution in [3.63, 3.8) is 0 Å². The molecular weight excluding hydrogens is 470 g/mol. The van der Waals surface area contributed by atoms with Crippen LogP contribution in [0.1, 0.15) is 32.7 Å². The van der Waals surface area contributed by atoms with Gasteiger partial charge in [0.2, 0.25) is 0 Å². The number of nitrogen functional groups attached to an aromatic ring is 1. The van der Waals surface area contributed by atoms with E-state index in [9.17, 15) is 14.4 Å². The van der Waals surface area contributed by atoms with Crippen LogP contribution in [0.4, 0.5) is 21.9 Å². The zero-order chi connectivity index (χ0) is 26.8. The van der Waals surface area contributed by atoms with Crippen molar-refractivity contribution in [1.82, 2.24) is 9.80 Å². The van der Waals surface area contributed by atoms with Crippen LogP contribution in [0.3, 0.4) is 0 Å². The lowest BCUT2D eigenvalue weighted by Crippen LogP contribution is -2.36. The van der Waals surface area contributed by atoms with Crippen LogP contribution in [-0.2, 0) is 11.3 Å². The minimum atomic E-state index is -0.437. The van der Waals surface area contributed by atoms with Gasteiger partial charge in [0.15, 0.2) is 0 Å². The number of urea groups is 1. The summed E-state index contributed by atoms with van der Waals surface area (Å²) in [6.07, 6.45) is 0.792. The Hall–Kier alpha value is -4.37. The highest BCUT2D eigenvalue weighted by atomic mass is 16.5. The van der Waals surface area contributed by atoms with Crippen LogP contribution >= 0.6 is 0 Å². The van der Waals surface area contributed by atoms with Crippen molar-refractivity contribution in [2.75, 3.05) is 50.7 Å². The van der Waals surface area contributed by atoms with E-state index in [4.69, 9.17) is 10.5 Å². The smallest absolute Gasteiger partial charge is 0.337 e. The van der Waals surface area contributed by atoms with E-state index < -0.39 is 5.97 Å². The molecular formula is C28H33N5O4. The van der Waals surface area contributed by atoms with E-state index in [1.54, 1.807) is 65.6 Å². The third kappa shape index (κ3) is 8.08. The average Bonchev–Trinajstić information content (AvgIpc) is 2.89. The first-order chi connectivity index (χ1) is 17.8. The van der Waals surface area contributed by atoms with Gasteiger partial charge in [0.05, 0.1) is 24.0 Å². The Morgan fingerprint density at radius 2 is 1.49 bits per heavy atom. The number of nitrogens with zero attached hydrogens (tertiary/aromatic N) is 2. The number of hydrogen-bond donors (Lipinski definition) is 3. The van der Waals surface area contributed by atoms with Gasteiger partial charge in [0.1, 0.15) is 0 Å². The second-order valence-electron chi connectivity index (χ2n) is 8.82. The third-order valence-electron chi connectivity index (χ3n) is 5.68. The molecule has 0 saturated heterocycles. The first-order valence-corrected chi connectivity index (χ1v) is 11.9. The number of methoxy groups -OCH3 is 1. The van der Waals surface area contributed by atoms with E-state index in [-0.39, 0.29) is 11.9 Å². The molecule has 0 atom stereocenters. The van der Waals surface area contributed by atoms with Gasteiger partial charge in [-0.15, -0.1) is 0 Å². The summed E-state index contributed by atoms with van der Waals surface area (Å²) in [5.41, 5.74) is 9.31. The number of esters is 1. The number of carbonyl (C=O) groups excluding carboxylic acids is 3. The number of nitrogens with one attached hydrogen (secondary N) is 2. The van der Waals surface area contributed by atoms with Crippen LogP contribution in [-0.4, -0.2) is 62.0 Å². The second kappa shape index (κ2) is 13.1. The molecule has 3 amide bonds. The zero-order valence-electron chi connectivity index (χ0n) is 21.4. The van der Waals surface area contributed by atoms with Crippen LogP contribution < -0.4 is 16.4 Å². The molecule has 9 heteroatoms. The molecule has 0 saturated carbocycles. The lowest BCUT2D eigenvalue weighted by atomic mass is 10.1. The lowest BCUT2D eigenvalue weighted by Gasteiger charge is -2.24. The number of nitrogens with two attached hydrogens (primary N) is 1. The first-order valence-electron chi connectivity index (χ1n) is 11.9. The maximum Gasteiger partial charge on any atom is 0.337 e. The molecule has 0 radical (unpaired) electrons. The van der Waals surface area contributed by atoms with E-state index >= 15 is 0 Å². The van der Waals surface area contributed by atoms with Gasteiger partial charge in [-0.05, 0) is 81.2 Å². The Kier molecular flexibility index (Phi) is 9.62. The molecule has 3 rings (SSSR count). The number of hydrogen-bond acceptors (Lipinski definition) is 6. The third-order valence-corrected chi connectivity index (χ3v) is 5.68. The molecule has 3 aromatic rings. The van der Waals surface area contributed by atoms with Crippen LogP contribution in [0.15, 0.2) is 72.8 Å². The Balaban J connectivity index is 1.67. The standard InChI is InChI=1S/C28H33N5O4/c1-32(2)17-6-18-33(28(36)30-23-15-13-22(14-16-23)27(35)37-3)19-20-9-11-21(12-10-20)26(34)31-25-8-5-4-7-24(25)29/h4-5,7-16H,6,17-19,29H2,1-3H3,(H,30,36)(H,31,34). The Labute approximate surface area is 217 Å². The minimum absolute atomic E-state index is 0.258. The Morgan fingerprint density at radius 3 is 2.11 bits per heavy atom. The molecule has 3 aromatic carbocycles. The maximum atomic E-state index is 13.1. The quantitative estimate of drug-likeness (QED) is 0.281. The zero-order valence-corrected chi connectivity index (χ0v) is 21.4. The van der Waals surface area contributed by atoms with Crippen molar-refractivity contribution in [3.05, 3.63) is 89.5 Å². The molecule has 0 spiro atoms. The fraction of sp³-hybridized carbons (Fsp3) is 0.250. The van der Waals surface area contributed by atoms with Gasteiger partial charge in [-0.3, -0.25) is 4.79 Å². The van der Waals surface area contributed by atoms with Gasteiger partial charge in [-0.25, -0.2) is 9.59 Å². The number of ether oxygens (including phenoxy) is 1. The van der Waals surface area contributed by atoms with Crippen LogP contribution in [0.25, 0.3) is 0 Å². The summed E-state index contributed by atoms with van der Waals surface area (Å²) < 4.78 is 4.71. The highest BCUT2D eigenvalue weighted by Crippen LogP contribution is 2.19. The molecule has 194 valence electrons. The predicted octanol–water partition coefficient (Wildman–Crippen LogP) is 4.29. The van der Waals surface area contributed by atoms with E-state index in [1.807, 2.05) is 26.2 Å². The molecule has 37 heavy (non-hydrogen) atoms. The second-order valence-corrected chi connectivity index (χ2v) is 8.82. The lowest BCUT2D eigenvalue weighted by molar-refractivity contribution is 0.0600. The van der Waals surface area contributed by atoms with Crippen molar-refractivity contribution in [1.29, 1.82) is 0 Å². The number of anilines is 3. The Bertz CT molecular complexity index is 1210. The van der Waals surface area contributed by atoms with Crippen LogP contribution in [0, 0.1) is 0 Å².